The first-order valence-electron chi connectivity index (χ1n) is 10.3. The number of aromatic nitrogens is 1. The summed E-state index contributed by atoms with van der Waals surface area (Å²) < 4.78 is 0. The van der Waals surface area contributed by atoms with Crippen molar-refractivity contribution >= 4 is 11.8 Å². The maximum atomic E-state index is 13.1. The lowest BCUT2D eigenvalue weighted by Crippen LogP contribution is -2.38. The minimum atomic E-state index is -0.234. The van der Waals surface area contributed by atoms with Crippen molar-refractivity contribution in [3.05, 3.63) is 67.0 Å². The molecule has 2 amide bonds. The van der Waals surface area contributed by atoms with E-state index in [0.29, 0.717) is 39.0 Å². The largest absolute Gasteiger partial charge is 0.340 e. The Bertz CT molecular complexity index is 833. The van der Waals surface area contributed by atoms with E-state index in [4.69, 9.17) is 0 Å². The van der Waals surface area contributed by atoms with E-state index in [1.165, 1.54) is 0 Å². The second-order valence-corrected chi connectivity index (χ2v) is 7.50. The van der Waals surface area contributed by atoms with Gasteiger partial charge in [0.15, 0.2) is 0 Å². The van der Waals surface area contributed by atoms with Crippen LogP contribution < -0.4 is 0 Å². The molecule has 1 aliphatic heterocycles. The van der Waals surface area contributed by atoms with Gasteiger partial charge < -0.3 is 9.80 Å². The highest BCUT2D eigenvalue weighted by Gasteiger charge is 2.31. The Morgan fingerprint density at radius 1 is 1.21 bits per heavy atom. The lowest BCUT2D eigenvalue weighted by molar-refractivity contribution is -0.134. The molecular weight excluding hydrogens is 362 g/mol. The number of pyridine rings is 1. The number of amides is 2. The van der Waals surface area contributed by atoms with Crippen LogP contribution in [0.25, 0.3) is 11.1 Å². The highest BCUT2D eigenvalue weighted by molar-refractivity contribution is 5.82. The number of hydrogen-bond donors (Lipinski definition) is 0. The van der Waals surface area contributed by atoms with Crippen molar-refractivity contribution in [2.24, 2.45) is 5.92 Å². The van der Waals surface area contributed by atoms with Gasteiger partial charge in [-0.1, -0.05) is 43.3 Å². The second-order valence-electron chi connectivity index (χ2n) is 7.50. The molecule has 2 aromatic rings. The van der Waals surface area contributed by atoms with Gasteiger partial charge in [-0.3, -0.25) is 14.6 Å². The summed E-state index contributed by atoms with van der Waals surface area (Å²) in [6, 6.07) is 12.2. The third-order valence-electron chi connectivity index (χ3n) is 5.34. The molecule has 2 heterocycles. The van der Waals surface area contributed by atoms with E-state index in [1.54, 1.807) is 12.3 Å². The summed E-state index contributed by atoms with van der Waals surface area (Å²) in [5.41, 5.74) is 3.26. The van der Waals surface area contributed by atoms with Gasteiger partial charge >= 0.3 is 0 Å². The predicted octanol–water partition coefficient (Wildman–Crippen LogP) is 3.56. The van der Waals surface area contributed by atoms with Crippen LogP contribution in [0.5, 0.6) is 0 Å². The Kier molecular flexibility index (Phi) is 7.17. The normalized spacial score (nSPS) is 17.1. The summed E-state index contributed by atoms with van der Waals surface area (Å²) in [7, 11) is 0. The van der Waals surface area contributed by atoms with Crippen molar-refractivity contribution in [1.29, 1.82) is 0 Å². The minimum Gasteiger partial charge on any atom is -0.340 e. The molecule has 0 saturated carbocycles. The summed E-state index contributed by atoms with van der Waals surface area (Å²) in [5, 5.41) is 0. The van der Waals surface area contributed by atoms with E-state index in [-0.39, 0.29) is 17.7 Å². The van der Waals surface area contributed by atoms with Gasteiger partial charge in [-0.2, -0.15) is 0 Å². The molecule has 1 aromatic carbocycles. The van der Waals surface area contributed by atoms with Crippen LogP contribution in [0.15, 0.2) is 61.4 Å². The Hall–Kier alpha value is -2.95. The van der Waals surface area contributed by atoms with Gasteiger partial charge in [-0.25, -0.2) is 0 Å². The van der Waals surface area contributed by atoms with Crippen LogP contribution in [0.2, 0.25) is 0 Å². The van der Waals surface area contributed by atoms with Crippen LogP contribution in [-0.4, -0.2) is 52.8 Å². The molecule has 0 N–H and O–H groups in total. The van der Waals surface area contributed by atoms with Crippen molar-refractivity contribution in [3.63, 3.8) is 0 Å². The third kappa shape index (κ3) is 5.31. The lowest BCUT2D eigenvalue weighted by atomic mass is 9.96. The number of carbonyl (C=O) groups excluding carboxylic acids is 2. The Morgan fingerprint density at radius 2 is 2.00 bits per heavy atom. The van der Waals surface area contributed by atoms with Crippen LogP contribution >= 0.6 is 0 Å². The molecule has 1 unspecified atom stereocenters. The number of carbonyl (C=O) groups is 2. The first kappa shape index (κ1) is 20.8. The summed E-state index contributed by atoms with van der Waals surface area (Å²) in [4.78, 5) is 33.4. The number of hydrogen-bond acceptors (Lipinski definition) is 3. The highest BCUT2D eigenvalue weighted by Crippen LogP contribution is 2.22. The maximum absolute atomic E-state index is 13.1. The molecule has 0 radical (unpaired) electrons. The number of nitrogens with zero attached hydrogens (tertiary/aromatic N) is 3. The SMILES string of the molecule is C=CCN1CCN(C(=O)CCC)CC(Cc2ccc(-c3cccnc3)cc2)C1=O. The second kappa shape index (κ2) is 10.0. The van der Waals surface area contributed by atoms with Gasteiger partial charge in [0.25, 0.3) is 0 Å². The molecule has 3 rings (SSSR count). The van der Waals surface area contributed by atoms with E-state index in [1.807, 2.05) is 35.1 Å². The maximum Gasteiger partial charge on any atom is 0.228 e. The fourth-order valence-electron chi connectivity index (χ4n) is 3.78. The van der Waals surface area contributed by atoms with E-state index in [0.717, 1.165) is 23.1 Å². The number of benzene rings is 1. The van der Waals surface area contributed by atoms with Crippen LogP contribution in [0, 0.1) is 5.92 Å². The molecule has 29 heavy (non-hydrogen) atoms. The zero-order chi connectivity index (χ0) is 20.6. The standard InChI is InChI=1S/C24H29N3O2/c1-3-6-23(28)27-15-14-26(13-4-2)24(29)22(18-27)16-19-8-10-20(11-9-19)21-7-5-12-25-17-21/h4-5,7-12,17,22H,2-3,6,13-16,18H2,1H3. The Morgan fingerprint density at radius 3 is 2.66 bits per heavy atom. The molecule has 1 aromatic heterocycles. The summed E-state index contributed by atoms with van der Waals surface area (Å²) in [5.74, 6) is 0.00760. The molecule has 1 saturated heterocycles. The number of rotatable bonds is 7. The topological polar surface area (TPSA) is 53.5 Å². The average Bonchev–Trinajstić information content (AvgIpc) is 2.90. The Balaban J connectivity index is 1.77. The van der Waals surface area contributed by atoms with E-state index in [9.17, 15) is 9.59 Å². The summed E-state index contributed by atoms with van der Waals surface area (Å²) in [6.45, 7) is 7.94. The fraction of sp³-hybridized carbons (Fsp3) is 0.375. The van der Waals surface area contributed by atoms with E-state index in [2.05, 4.69) is 35.8 Å². The van der Waals surface area contributed by atoms with Gasteiger partial charge in [-0.15, -0.1) is 6.58 Å². The molecule has 5 heteroatoms. The van der Waals surface area contributed by atoms with Crippen molar-refractivity contribution < 1.29 is 9.59 Å². The van der Waals surface area contributed by atoms with Crippen molar-refractivity contribution in [3.8, 4) is 11.1 Å². The van der Waals surface area contributed by atoms with Gasteiger partial charge in [-0.05, 0) is 35.6 Å². The smallest absolute Gasteiger partial charge is 0.228 e. The molecule has 0 spiro atoms. The third-order valence-corrected chi connectivity index (χ3v) is 5.34. The average molecular weight is 392 g/mol. The fourth-order valence-corrected chi connectivity index (χ4v) is 3.78. The molecule has 1 aliphatic rings. The monoisotopic (exact) mass is 391 g/mol. The Labute approximate surface area is 173 Å². The van der Waals surface area contributed by atoms with Crippen LogP contribution in [-0.2, 0) is 16.0 Å². The van der Waals surface area contributed by atoms with Gasteiger partial charge in [0.2, 0.25) is 11.8 Å². The molecule has 0 bridgehead atoms. The van der Waals surface area contributed by atoms with E-state index >= 15 is 0 Å². The molecule has 1 fully saturated rings. The lowest BCUT2D eigenvalue weighted by Gasteiger charge is -2.23. The highest BCUT2D eigenvalue weighted by atomic mass is 16.2. The molecule has 152 valence electrons. The quantitative estimate of drug-likeness (QED) is 0.678. The zero-order valence-electron chi connectivity index (χ0n) is 17.1. The van der Waals surface area contributed by atoms with Gasteiger partial charge in [0.05, 0.1) is 5.92 Å². The first-order chi connectivity index (χ1) is 14.1. The minimum absolute atomic E-state index is 0.105. The molecule has 0 aliphatic carbocycles. The van der Waals surface area contributed by atoms with Crippen molar-refractivity contribution in [2.75, 3.05) is 26.2 Å². The van der Waals surface area contributed by atoms with Gasteiger partial charge in [0, 0.05) is 45.0 Å². The zero-order valence-corrected chi connectivity index (χ0v) is 17.1. The summed E-state index contributed by atoms with van der Waals surface area (Å²) >= 11 is 0. The molecular formula is C24H29N3O2. The predicted molar refractivity (Wildman–Crippen MR) is 115 cm³/mol. The van der Waals surface area contributed by atoms with Crippen molar-refractivity contribution in [2.45, 2.75) is 26.2 Å². The molecule has 5 nitrogen and oxygen atoms in total. The summed E-state index contributed by atoms with van der Waals surface area (Å²) in [6.07, 6.45) is 7.32. The van der Waals surface area contributed by atoms with Crippen LogP contribution in [0.1, 0.15) is 25.3 Å². The van der Waals surface area contributed by atoms with Crippen LogP contribution in [0.4, 0.5) is 0 Å². The van der Waals surface area contributed by atoms with Crippen molar-refractivity contribution in [1.82, 2.24) is 14.8 Å². The van der Waals surface area contributed by atoms with Gasteiger partial charge in [0.1, 0.15) is 0 Å². The van der Waals surface area contributed by atoms with Crippen LogP contribution in [0.3, 0.4) is 0 Å². The molecule has 1 atom stereocenters. The first-order valence-corrected chi connectivity index (χ1v) is 10.3. The van der Waals surface area contributed by atoms with E-state index < -0.39 is 0 Å².